The molecule has 0 fully saturated rings. The normalized spacial score (nSPS) is 11.7. The number of thioether (sulfide) groups is 1. The molecule has 0 atom stereocenters. The molecule has 0 unspecified atom stereocenters. The molecule has 8 nitrogen and oxygen atoms in total. The van der Waals surface area contributed by atoms with Crippen LogP contribution in [0.25, 0.3) is 27.6 Å². The number of aromatic nitrogens is 4. The predicted molar refractivity (Wildman–Crippen MR) is 133 cm³/mol. The van der Waals surface area contributed by atoms with Gasteiger partial charge in [0.05, 0.1) is 10.9 Å². The summed E-state index contributed by atoms with van der Waals surface area (Å²) in [7, 11) is 0. The molecule has 0 saturated heterocycles. The summed E-state index contributed by atoms with van der Waals surface area (Å²) in [6, 6.07) is 14.8. The van der Waals surface area contributed by atoms with Gasteiger partial charge in [0, 0.05) is 37.0 Å². The van der Waals surface area contributed by atoms with E-state index in [9.17, 15) is 9.59 Å². The van der Waals surface area contributed by atoms with Crippen molar-refractivity contribution < 1.29 is 9.15 Å². The zero-order valence-electron chi connectivity index (χ0n) is 19.0. The van der Waals surface area contributed by atoms with E-state index >= 15 is 0 Å². The molecule has 2 aromatic carbocycles. The summed E-state index contributed by atoms with van der Waals surface area (Å²) < 4.78 is 14.4. The highest BCUT2D eigenvalue weighted by atomic mass is 32.2. The van der Waals surface area contributed by atoms with E-state index in [-0.39, 0.29) is 11.2 Å². The maximum Gasteiger partial charge on any atom is 0.336 e. The molecular formula is C25H24N4O4S. The smallest absolute Gasteiger partial charge is 0.336 e. The van der Waals surface area contributed by atoms with Gasteiger partial charge >= 0.3 is 5.63 Å². The van der Waals surface area contributed by atoms with E-state index in [0.29, 0.717) is 53.8 Å². The molecule has 0 aliphatic rings. The Bertz CT molecular complexity index is 1620. The van der Waals surface area contributed by atoms with E-state index in [2.05, 4.69) is 10.2 Å². The van der Waals surface area contributed by atoms with Crippen molar-refractivity contribution in [1.29, 1.82) is 0 Å². The topological polar surface area (TPSA) is 91.6 Å². The Labute approximate surface area is 199 Å². The van der Waals surface area contributed by atoms with Gasteiger partial charge in [-0.15, -0.1) is 10.2 Å². The SMILES string of the molecule is CCOCCCn1c(=O)c2ccccc2n2c(SCc3cc(=O)oc4cc(C)ccc34)nnc12. The Morgan fingerprint density at radius 2 is 1.91 bits per heavy atom. The molecule has 5 aromatic rings. The van der Waals surface area contributed by atoms with Gasteiger partial charge in [0.25, 0.3) is 5.56 Å². The van der Waals surface area contributed by atoms with Crippen LogP contribution in [0.2, 0.25) is 0 Å². The van der Waals surface area contributed by atoms with E-state index in [1.807, 2.05) is 60.7 Å². The monoisotopic (exact) mass is 476 g/mol. The zero-order chi connectivity index (χ0) is 23.7. The van der Waals surface area contributed by atoms with Crippen LogP contribution in [0, 0.1) is 6.92 Å². The molecule has 0 aliphatic heterocycles. The molecule has 9 heteroatoms. The van der Waals surface area contributed by atoms with Crippen molar-refractivity contribution >= 4 is 39.4 Å². The quantitative estimate of drug-likeness (QED) is 0.188. The highest BCUT2D eigenvalue weighted by Gasteiger charge is 2.17. The number of benzene rings is 2. The van der Waals surface area contributed by atoms with E-state index in [1.165, 1.54) is 17.8 Å². The number of fused-ring (bicyclic) bond motifs is 4. The van der Waals surface area contributed by atoms with Crippen LogP contribution >= 0.6 is 11.8 Å². The molecule has 0 radical (unpaired) electrons. The standard InChI is InChI=1S/C25H24N4O4S/c1-3-32-12-6-11-28-23(31)19-7-4-5-8-20(19)29-24(28)26-27-25(29)34-15-17-14-22(30)33-21-13-16(2)9-10-18(17)21/h4-5,7-10,13-14H,3,6,11-12,15H2,1-2H3. The fraction of sp³-hybridized carbons (Fsp3) is 0.280. The van der Waals surface area contributed by atoms with Crippen molar-refractivity contribution in [3.05, 3.63) is 80.4 Å². The van der Waals surface area contributed by atoms with E-state index in [0.717, 1.165) is 22.0 Å². The molecule has 34 heavy (non-hydrogen) atoms. The van der Waals surface area contributed by atoms with E-state index < -0.39 is 0 Å². The van der Waals surface area contributed by atoms with Crippen LogP contribution in [0.5, 0.6) is 0 Å². The fourth-order valence-corrected chi connectivity index (χ4v) is 5.03. The Balaban J connectivity index is 1.56. The number of para-hydroxylation sites is 1. The summed E-state index contributed by atoms with van der Waals surface area (Å²) in [6.45, 7) is 5.60. The summed E-state index contributed by atoms with van der Waals surface area (Å²) in [5, 5.41) is 10.9. The first kappa shape index (κ1) is 22.4. The van der Waals surface area contributed by atoms with Crippen molar-refractivity contribution in [2.24, 2.45) is 0 Å². The lowest BCUT2D eigenvalue weighted by molar-refractivity contribution is 0.141. The van der Waals surface area contributed by atoms with Gasteiger partial charge in [-0.1, -0.05) is 36.0 Å². The van der Waals surface area contributed by atoms with Gasteiger partial charge in [-0.25, -0.2) is 4.79 Å². The summed E-state index contributed by atoms with van der Waals surface area (Å²) in [5.41, 5.74) is 2.74. The van der Waals surface area contributed by atoms with Crippen molar-refractivity contribution in [1.82, 2.24) is 19.2 Å². The summed E-state index contributed by atoms with van der Waals surface area (Å²) in [6.07, 6.45) is 0.697. The summed E-state index contributed by atoms with van der Waals surface area (Å²) >= 11 is 1.47. The van der Waals surface area contributed by atoms with Gasteiger partial charge in [0.2, 0.25) is 5.78 Å². The lowest BCUT2D eigenvalue weighted by Crippen LogP contribution is -2.24. The van der Waals surface area contributed by atoms with Gasteiger partial charge in [-0.3, -0.25) is 13.8 Å². The Kier molecular flexibility index (Phi) is 6.21. The van der Waals surface area contributed by atoms with E-state index in [4.69, 9.17) is 9.15 Å². The first-order chi connectivity index (χ1) is 16.6. The largest absolute Gasteiger partial charge is 0.423 e. The van der Waals surface area contributed by atoms with Crippen LogP contribution in [-0.4, -0.2) is 32.4 Å². The third-order valence-electron chi connectivity index (χ3n) is 5.70. The second-order valence-corrected chi connectivity index (χ2v) is 8.96. The van der Waals surface area contributed by atoms with Crippen LogP contribution in [0.15, 0.2) is 67.7 Å². The van der Waals surface area contributed by atoms with Crippen molar-refractivity contribution in [3.63, 3.8) is 0 Å². The first-order valence-electron chi connectivity index (χ1n) is 11.2. The lowest BCUT2D eigenvalue weighted by atomic mass is 10.1. The second kappa shape index (κ2) is 9.44. The van der Waals surface area contributed by atoms with Crippen LogP contribution in [0.1, 0.15) is 24.5 Å². The van der Waals surface area contributed by atoms with Gasteiger partial charge in [0.1, 0.15) is 5.58 Å². The molecule has 0 aliphatic carbocycles. The molecule has 0 saturated carbocycles. The van der Waals surface area contributed by atoms with Crippen molar-refractivity contribution in [3.8, 4) is 0 Å². The third kappa shape index (κ3) is 4.12. The molecule has 0 N–H and O–H groups in total. The van der Waals surface area contributed by atoms with Gasteiger partial charge in [-0.2, -0.15) is 0 Å². The lowest BCUT2D eigenvalue weighted by Gasteiger charge is -2.11. The Morgan fingerprint density at radius 3 is 2.76 bits per heavy atom. The van der Waals surface area contributed by atoms with Crippen LogP contribution in [0.4, 0.5) is 0 Å². The molecule has 5 rings (SSSR count). The van der Waals surface area contributed by atoms with Crippen molar-refractivity contribution in [2.75, 3.05) is 13.2 Å². The highest BCUT2D eigenvalue weighted by Crippen LogP contribution is 2.28. The third-order valence-corrected chi connectivity index (χ3v) is 6.67. The molecule has 174 valence electrons. The summed E-state index contributed by atoms with van der Waals surface area (Å²) in [4.78, 5) is 25.3. The van der Waals surface area contributed by atoms with Gasteiger partial charge in [0.15, 0.2) is 5.16 Å². The van der Waals surface area contributed by atoms with Crippen LogP contribution in [-0.2, 0) is 17.0 Å². The minimum Gasteiger partial charge on any atom is -0.423 e. The fourth-order valence-electron chi connectivity index (χ4n) is 4.10. The van der Waals surface area contributed by atoms with Gasteiger partial charge in [-0.05, 0) is 49.6 Å². The maximum atomic E-state index is 13.2. The number of aryl methyl sites for hydroxylation is 2. The Morgan fingerprint density at radius 1 is 1.06 bits per heavy atom. The molecule has 0 amide bonds. The molecule has 3 aromatic heterocycles. The molecule has 0 bridgehead atoms. The molecule has 0 spiro atoms. The molecular weight excluding hydrogens is 452 g/mol. The number of rotatable bonds is 8. The maximum absolute atomic E-state index is 13.2. The highest BCUT2D eigenvalue weighted by molar-refractivity contribution is 7.98. The number of nitrogens with zero attached hydrogens (tertiary/aromatic N) is 4. The number of hydrogen-bond acceptors (Lipinski definition) is 7. The van der Waals surface area contributed by atoms with Crippen LogP contribution < -0.4 is 11.2 Å². The minimum absolute atomic E-state index is 0.0921. The van der Waals surface area contributed by atoms with E-state index in [1.54, 1.807) is 4.57 Å². The Hall–Kier alpha value is -3.43. The minimum atomic E-state index is -0.381. The number of ether oxygens (including phenoxy) is 1. The predicted octanol–water partition coefficient (Wildman–Crippen LogP) is 4.18. The first-order valence-corrected chi connectivity index (χ1v) is 12.2. The average molecular weight is 477 g/mol. The van der Waals surface area contributed by atoms with Crippen LogP contribution in [0.3, 0.4) is 0 Å². The zero-order valence-corrected chi connectivity index (χ0v) is 19.8. The van der Waals surface area contributed by atoms with Gasteiger partial charge < -0.3 is 9.15 Å². The second-order valence-electron chi connectivity index (χ2n) is 8.02. The number of hydrogen-bond donors (Lipinski definition) is 0. The summed E-state index contributed by atoms with van der Waals surface area (Å²) in [5.74, 6) is 1.000. The average Bonchev–Trinajstić information content (AvgIpc) is 3.25. The van der Waals surface area contributed by atoms with Crippen molar-refractivity contribution in [2.45, 2.75) is 37.7 Å². The molecule has 3 heterocycles.